The van der Waals surface area contributed by atoms with Crippen molar-refractivity contribution in [3.05, 3.63) is 29.5 Å². The van der Waals surface area contributed by atoms with Crippen LogP contribution < -0.4 is 15.5 Å². The molecule has 0 radical (unpaired) electrons. The van der Waals surface area contributed by atoms with Gasteiger partial charge in [0.2, 0.25) is 11.9 Å². The van der Waals surface area contributed by atoms with Gasteiger partial charge in [-0.1, -0.05) is 25.8 Å². The molecule has 1 aromatic carbocycles. The average Bonchev–Trinajstić information content (AvgIpc) is 2.98. The molecule has 6 heteroatoms. The molecule has 0 spiro atoms. The molecular weight excluding hydrogens is 336 g/mol. The van der Waals surface area contributed by atoms with Crippen LogP contribution in [0.3, 0.4) is 0 Å². The Hall–Kier alpha value is -2.21. The minimum absolute atomic E-state index is 0.619. The van der Waals surface area contributed by atoms with Crippen LogP contribution in [0, 0.1) is 6.92 Å². The zero-order valence-corrected chi connectivity index (χ0v) is 16.5. The summed E-state index contributed by atoms with van der Waals surface area (Å²) in [5.74, 6) is 1.41. The number of benzene rings is 1. The van der Waals surface area contributed by atoms with E-state index in [0.29, 0.717) is 5.95 Å². The van der Waals surface area contributed by atoms with Crippen molar-refractivity contribution in [2.24, 2.45) is 4.99 Å². The lowest BCUT2D eigenvalue weighted by molar-refractivity contribution is -0.928. The van der Waals surface area contributed by atoms with Crippen molar-refractivity contribution < 1.29 is 4.90 Å². The Balaban J connectivity index is 1.45. The minimum Gasteiger partial charge on any atom is -0.309 e. The lowest BCUT2D eigenvalue weighted by Gasteiger charge is -2.30. The molecule has 1 unspecified atom stereocenters. The summed E-state index contributed by atoms with van der Waals surface area (Å²) in [6, 6.07) is 7.17. The highest BCUT2D eigenvalue weighted by molar-refractivity contribution is 5.93. The van der Waals surface area contributed by atoms with Crippen LogP contribution in [-0.2, 0) is 6.42 Å². The van der Waals surface area contributed by atoms with Crippen molar-refractivity contribution in [3.63, 3.8) is 0 Å². The number of hydrogen-bond acceptors (Lipinski definition) is 5. The molecular formula is C21H31N6+. The predicted molar refractivity (Wildman–Crippen MR) is 110 cm³/mol. The lowest BCUT2D eigenvalue weighted by Crippen LogP contribution is -3.18. The quantitative estimate of drug-likeness (QED) is 0.729. The molecule has 1 aromatic heterocycles. The van der Waals surface area contributed by atoms with Gasteiger partial charge in [0.1, 0.15) is 0 Å². The first-order valence-corrected chi connectivity index (χ1v) is 10.4. The van der Waals surface area contributed by atoms with E-state index in [0.717, 1.165) is 48.4 Å². The molecule has 27 heavy (non-hydrogen) atoms. The van der Waals surface area contributed by atoms with Crippen molar-refractivity contribution in [2.45, 2.75) is 64.8 Å². The highest BCUT2D eigenvalue weighted by Crippen LogP contribution is 2.19. The average molecular weight is 368 g/mol. The van der Waals surface area contributed by atoms with Crippen LogP contribution in [0.4, 0.5) is 5.95 Å². The molecule has 0 saturated heterocycles. The number of aliphatic imine (C=N–C) groups is 1. The number of rotatable bonds is 3. The fourth-order valence-electron chi connectivity index (χ4n) is 4.24. The smallest absolute Gasteiger partial charge is 0.230 e. The van der Waals surface area contributed by atoms with Crippen molar-refractivity contribution in [3.8, 4) is 0 Å². The van der Waals surface area contributed by atoms with Crippen LogP contribution >= 0.6 is 0 Å². The van der Waals surface area contributed by atoms with Gasteiger partial charge >= 0.3 is 0 Å². The van der Waals surface area contributed by atoms with Crippen LogP contribution in [0.1, 0.15) is 56.7 Å². The number of hydrogen-bond donors (Lipinski definition) is 3. The number of nitrogens with zero attached hydrogens (tertiary/aromatic N) is 3. The summed E-state index contributed by atoms with van der Waals surface area (Å²) >= 11 is 0. The summed E-state index contributed by atoms with van der Waals surface area (Å²) in [5, 5.41) is 7.85. The van der Waals surface area contributed by atoms with E-state index in [4.69, 9.17) is 4.99 Å². The first-order chi connectivity index (χ1) is 13.2. The molecule has 2 aliphatic rings. The Morgan fingerprint density at radius 2 is 1.96 bits per heavy atom. The van der Waals surface area contributed by atoms with Gasteiger partial charge in [0.05, 0.1) is 17.3 Å². The lowest BCUT2D eigenvalue weighted by atomic mass is 10.1. The molecule has 3 N–H and O–H groups in total. The van der Waals surface area contributed by atoms with Crippen LogP contribution in [0.25, 0.3) is 10.9 Å². The Bertz CT molecular complexity index is 823. The van der Waals surface area contributed by atoms with Gasteiger partial charge in [-0.2, -0.15) is 4.99 Å². The fraction of sp³-hybridized carbons (Fsp3) is 0.571. The van der Waals surface area contributed by atoms with Gasteiger partial charge < -0.3 is 5.32 Å². The second kappa shape index (κ2) is 8.21. The summed E-state index contributed by atoms with van der Waals surface area (Å²) in [6.07, 6.45) is 9.22. The van der Waals surface area contributed by atoms with Gasteiger partial charge in [-0.25, -0.2) is 9.97 Å². The first-order valence-electron chi connectivity index (χ1n) is 10.4. The summed E-state index contributed by atoms with van der Waals surface area (Å²) in [7, 11) is 0. The fourth-order valence-corrected chi connectivity index (χ4v) is 4.24. The van der Waals surface area contributed by atoms with Gasteiger partial charge in [-0.05, 0) is 56.7 Å². The maximum absolute atomic E-state index is 4.73. The molecule has 1 aliphatic heterocycles. The van der Waals surface area contributed by atoms with Crippen LogP contribution in [-0.4, -0.2) is 35.3 Å². The molecule has 1 atom stereocenters. The SMILES string of the molecule is CCc1ccc2nc(NC3=NC[NH+](C4CCCCCC4)CN3)nc(C)c2c1. The van der Waals surface area contributed by atoms with Gasteiger partial charge in [-0.3, -0.25) is 10.2 Å². The Morgan fingerprint density at radius 3 is 2.67 bits per heavy atom. The second-order valence-electron chi connectivity index (χ2n) is 7.83. The summed E-state index contributed by atoms with van der Waals surface area (Å²) < 4.78 is 0. The van der Waals surface area contributed by atoms with Crippen molar-refractivity contribution >= 4 is 22.8 Å². The van der Waals surface area contributed by atoms with E-state index in [1.165, 1.54) is 44.1 Å². The molecule has 0 bridgehead atoms. The maximum atomic E-state index is 4.73. The monoisotopic (exact) mass is 367 g/mol. The zero-order valence-electron chi connectivity index (χ0n) is 16.5. The number of aromatic nitrogens is 2. The third-order valence-corrected chi connectivity index (χ3v) is 5.94. The second-order valence-corrected chi connectivity index (χ2v) is 7.83. The predicted octanol–water partition coefficient (Wildman–Crippen LogP) is 2.39. The standard InChI is InChI=1S/C21H30N6/c1-3-16-10-11-19-18(12-16)15(2)24-21(25-19)26-20-22-13-27(14-23-20)17-8-6-4-5-7-9-17/h10-12,17H,3-9,13-14H2,1-2H3,(H2,22,23,24,25,26)/p+1. The van der Waals surface area contributed by atoms with E-state index in [1.54, 1.807) is 4.90 Å². The number of nitrogens with one attached hydrogen (secondary N) is 3. The van der Waals surface area contributed by atoms with E-state index < -0.39 is 0 Å². The van der Waals surface area contributed by atoms with Crippen molar-refractivity contribution in [2.75, 3.05) is 18.7 Å². The molecule has 1 fully saturated rings. The Morgan fingerprint density at radius 1 is 1.15 bits per heavy atom. The van der Waals surface area contributed by atoms with E-state index in [2.05, 4.69) is 45.7 Å². The summed E-state index contributed by atoms with van der Waals surface area (Å²) in [4.78, 5) is 15.6. The number of aryl methyl sites for hydroxylation is 2. The molecule has 1 saturated carbocycles. The molecule has 2 heterocycles. The Kier molecular flexibility index (Phi) is 5.53. The third kappa shape index (κ3) is 4.21. The largest absolute Gasteiger partial charge is 0.309 e. The van der Waals surface area contributed by atoms with Gasteiger partial charge in [0, 0.05) is 5.39 Å². The maximum Gasteiger partial charge on any atom is 0.230 e. The topological polar surface area (TPSA) is 66.6 Å². The van der Waals surface area contributed by atoms with Crippen LogP contribution in [0.5, 0.6) is 0 Å². The van der Waals surface area contributed by atoms with E-state index in [9.17, 15) is 0 Å². The van der Waals surface area contributed by atoms with Gasteiger partial charge in [0.25, 0.3) is 0 Å². The molecule has 0 amide bonds. The van der Waals surface area contributed by atoms with Crippen LogP contribution in [0.2, 0.25) is 0 Å². The number of quaternary nitrogens is 1. The Labute approximate surface area is 161 Å². The highest BCUT2D eigenvalue weighted by atomic mass is 15.4. The molecule has 4 rings (SSSR count). The normalized spacial score (nSPS) is 21.4. The van der Waals surface area contributed by atoms with Gasteiger partial charge in [0.15, 0.2) is 13.3 Å². The highest BCUT2D eigenvalue weighted by Gasteiger charge is 2.26. The van der Waals surface area contributed by atoms with E-state index in [1.807, 2.05) is 6.92 Å². The number of guanidine groups is 1. The number of anilines is 1. The van der Waals surface area contributed by atoms with Crippen LogP contribution in [0.15, 0.2) is 23.2 Å². The van der Waals surface area contributed by atoms with Crippen molar-refractivity contribution in [1.82, 2.24) is 15.3 Å². The molecule has 6 nitrogen and oxygen atoms in total. The van der Waals surface area contributed by atoms with Crippen molar-refractivity contribution in [1.29, 1.82) is 0 Å². The first kappa shape index (κ1) is 18.2. The van der Waals surface area contributed by atoms with Gasteiger partial charge in [-0.15, -0.1) is 0 Å². The zero-order chi connectivity index (χ0) is 18.6. The molecule has 2 aromatic rings. The summed E-state index contributed by atoms with van der Waals surface area (Å²) in [6.45, 7) is 5.96. The minimum atomic E-state index is 0.619. The van der Waals surface area contributed by atoms with E-state index in [-0.39, 0.29) is 0 Å². The third-order valence-electron chi connectivity index (χ3n) is 5.94. The summed E-state index contributed by atoms with van der Waals surface area (Å²) in [5.41, 5.74) is 3.29. The number of fused-ring (bicyclic) bond motifs is 1. The molecule has 144 valence electrons. The molecule has 1 aliphatic carbocycles. The van der Waals surface area contributed by atoms with E-state index >= 15 is 0 Å².